The molecule has 0 aromatic carbocycles. The lowest BCUT2D eigenvalue weighted by Gasteiger charge is -2.26. The van der Waals surface area contributed by atoms with E-state index in [1.54, 1.807) is 0 Å². The highest BCUT2D eigenvalue weighted by molar-refractivity contribution is 5.76. The molecular weight excluding hydrogens is 174 g/mol. The summed E-state index contributed by atoms with van der Waals surface area (Å²) in [4.78, 5) is 13.8. The minimum absolute atomic E-state index is 0.380. The van der Waals surface area contributed by atoms with Crippen LogP contribution >= 0.6 is 0 Å². The lowest BCUT2D eigenvalue weighted by atomic mass is 10.1. The number of carbonyl (C=O) groups excluding carboxylic acids is 1. The van der Waals surface area contributed by atoms with E-state index in [9.17, 15) is 4.79 Å². The van der Waals surface area contributed by atoms with Gasteiger partial charge >= 0.3 is 0 Å². The molecule has 0 atom stereocenters. The lowest BCUT2D eigenvalue weighted by molar-refractivity contribution is -0.132. The van der Waals surface area contributed by atoms with Gasteiger partial charge in [0.25, 0.3) is 0 Å². The highest BCUT2D eigenvalue weighted by Gasteiger charge is 2.15. The zero-order chi connectivity index (χ0) is 10.4. The number of nitrogens with zero attached hydrogens (tertiary/aromatic N) is 1. The van der Waals surface area contributed by atoms with Crippen LogP contribution in [0.5, 0.6) is 0 Å². The van der Waals surface area contributed by atoms with Gasteiger partial charge in [-0.2, -0.15) is 0 Å². The van der Waals surface area contributed by atoms with Crippen LogP contribution in [-0.4, -0.2) is 23.9 Å². The van der Waals surface area contributed by atoms with Crippen LogP contribution in [0.2, 0.25) is 0 Å². The molecule has 1 aliphatic heterocycles. The molecule has 0 saturated carbocycles. The van der Waals surface area contributed by atoms with Crippen molar-refractivity contribution in [3.8, 4) is 0 Å². The van der Waals surface area contributed by atoms with Crippen molar-refractivity contribution in [1.82, 2.24) is 4.90 Å². The van der Waals surface area contributed by atoms with Gasteiger partial charge in [0, 0.05) is 19.5 Å². The van der Waals surface area contributed by atoms with Gasteiger partial charge in [-0.05, 0) is 31.6 Å². The first-order chi connectivity index (χ1) is 6.70. The number of hydrogen-bond acceptors (Lipinski definition) is 1. The zero-order valence-electron chi connectivity index (χ0n) is 9.59. The molecule has 1 saturated heterocycles. The molecule has 14 heavy (non-hydrogen) atoms. The van der Waals surface area contributed by atoms with E-state index in [4.69, 9.17) is 0 Å². The number of carbonyl (C=O) groups is 1. The third kappa shape index (κ3) is 4.12. The summed E-state index contributed by atoms with van der Waals surface area (Å²) in [6.07, 6.45) is 6.71. The fourth-order valence-electron chi connectivity index (χ4n) is 1.96. The quantitative estimate of drug-likeness (QED) is 0.678. The maximum Gasteiger partial charge on any atom is 0.222 e. The third-order valence-corrected chi connectivity index (χ3v) is 2.88. The number of rotatable bonds is 4. The van der Waals surface area contributed by atoms with Gasteiger partial charge in [0.2, 0.25) is 5.91 Å². The molecule has 0 aliphatic carbocycles. The lowest BCUT2D eigenvalue weighted by Crippen LogP contribution is -2.35. The van der Waals surface area contributed by atoms with Crippen molar-refractivity contribution < 1.29 is 4.79 Å². The van der Waals surface area contributed by atoms with Gasteiger partial charge in [0.15, 0.2) is 0 Å². The Morgan fingerprint density at radius 2 is 1.86 bits per heavy atom. The summed E-state index contributed by atoms with van der Waals surface area (Å²) >= 11 is 0. The first-order valence-electron chi connectivity index (χ1n) is 5.98. The van der Waals surface area contributed by atoms with E-state index in [1.807, 2.05) is 4.90 Å². The van der Waals surface area contributed by atoms with E-state index in [1.165, 1.54) is 25.7 Å². The third-order valence-electron chi connectivity index (χ3n) is 2.88. The van der Waals surface area contributed by atoms with Crippen molar-refractivity contribution in [1.29, 1.82) is 0 Å². The van der Waals surface area contributed by atoms with E-state index >= 15 is 0 Å². The first-order valence-corrected chi connectivity index (χ1v) is 5.98. The van der Waals surface area contributed by atoms with Gasteiger partial charge in [0.05, 0.1) is 0 Å². The van der Waals surface area contributed by atoms with Crippen LogP contribution in [0.1, 0.15) is 52.4 Å². The topological polar surface area (TPSA) is 20.3 Å². The Morgan fingerprint density at radius 3 is 2.43 bits per heavy atom. The number of amides is 1. The summed E-state index contributed by atoms with van der Waals surface area (Å²) in [7, 11) is 0. The summed E-state index contributed by atoms with van der Waals surface area (Å²) < 4.78 is 0. The number of likely N-dealkylation sites (tertiary alicyclic amines) is 1. The molecule has 0 aromatic heterocycles. The molecule has 1 fully saturated rings. The molecule has 0 radical (unpaired) electrons. The van der Waals surface area contributed by atoms with E-state index < -0.39 is 0 Å². The minimum Gasteiger partial charge on any atom is -0.343 e. The second kappa shape index (κ2) is 6.05. The monoisotopic (exact) mass is 197 g/mol. The normalized spacial score (nSPS) is 17.5. The Morgan fingerprint density at radius 1 is 1.21 bits per heavy atom. The highest BCUT2D eigenvalue weighted by Crippen LogP contribution is 2.12. The smallest absolute Gasteiger partial charge is 0.222 e. The van der Waals surface area contributed by atoms with Crippen molar-refractivity contribution in [2.24, 2.45) is 5.92 Å². The van der Waals surface area contributed by atoms with Gasteiger partial charge in [-0.15, -0.1) is 0 Å². The number of hydrogen-bond donors (Lipinski definition) is 0. The van der Waals surface area contributed by atoms with E-state index in [2.05, 4.69) is 13.8 Å². The Bertz CT molecular complexity index is 171. The second-order valence-electron chi connectivity index (χ2n) is 4.73. The van der Waals surface area contributed by atoms with E-state index in [-0.39, 0.29) is 0 Å². The average molecular weight is 197 g/mol. The van der Waals surface area contributed by atoms with Gasteiger partial charge in [-0.3, -0.25) is 4.79 Å². The van der Waals surface area contributed by atoms with Crippen LogP contribution in [-0.2, 0) is 4.79 Å². The molecule has 1 rings (SSSR count). The molecule has 0 unspecified atom stereocenters. The molecule has 2 nitrogen and oxygen atoms in total. The average Bonchev–Trinajstić information content (AvgIpc) is 2.18. The fourth-order valence-corrected chi connectivity index (χ4v) is 1.96. The van der Waals surface area contributed by atoms with Crippen molar-refractivity contribution in [3.63, 3.8) is 0 Å². The molecule has 0 aromatic rings. The first kappa shape index (κ1) is 11.5. The molecule has 0 N–H and O–H groups in total. The maximum atomic E-state index is 11.7. The molecular formula is C12H23NO. The van der Waals surface area contributed by atoms with Crippen LogP contribution in [0.3, 0.4) is 0 Å². The Hall–Kier alpha value is -0.530. The van der Waals surface area contributed by atoms with Crippen molar-refractivity contribution >= 4 is 5.91 Å². The van der Waals surface area contributed by atoms with Crippen LogP contribution in [0.15, 0.2) is 0 Å². The van der Waals surface area contributed by atoms with Gasteiger partial charge in [-0.25, -0.2) is 0 Å². The van der Waals surface area contributed by atoms with Crippen LogP contribution in [0, 0.1) is 5.92 Å². The molecule has 1 amide bonds. The Balaban J connectivity index is 2.13. The maximum absolute atomic E-state index is 11.7. The summed E-state index contributed by atoms with van der Waals surface area (Å²) in [5, 5.41) is 0. The van der Waals surface area contributed by atoms with Crippen molar-refractivity contribution in [2.75, 3.05) is 13.1 Å². The number of piperidine rings is 1. The van der Waals surface area contributed by atoms with Crippen molar-refractivity contribution in [3.05, 3.63) is 0 Å². The van der Waals surface area contributed by atoms with Gasteiger partial charge < -0.3 is 4.90 Å². The largest absolute Gasteiger partial charge is 0.343 e. The zero-order valence-corrected chi connectivity index (χ0v) is 9.59. The molecule has 0 bridgehead atoms. The Kier molecular flexibility index (Phi) is 4.99. The summed E-state index contributed by atoms with van der Waals surface area (Å²) in [6.45, 7) is 6.43. The van der Waals surface area contributed by atoms with E-state index in [0.29, 0.717) is 5.91 Å². The highest BCUT2D eigenvalue weighted by atomic mass is 16.2. The molecule has 82 valence electrons. The fraction of sp³-hybridized carbons (Fsp3) is 0.917. The predicted molar refractivity (Wildman–Crippen MR) is 59.1 cm³/mol. The molecule has 0 spiro atoms. The van der Waals surface area contributed by atoms with Crippen LogP contribution < -0.4 is 0 Å². The van der Waals surface area contributed by atoms with Crippen molar-refractivity contribution in [2.45, 2.75) is 52.4 Å². The van der Waals surface area contributed by atoms with Crippen LogP contribution in [0.25, 0.3) is 0 Å². The summed E-state index contributed by atoms with van der Waals surface area (Å²) in [5.41, 5.74) is 0. The second-order valence-corrected chi connectivity index (χ2v) is 4.73. The van der Waals surface area contributed by atoms with Crippen LogP contribution in [0.4, 0.5) is 0 Å². The SMILES string of the molecule is CC(C)CCCC(=O)N1CCCCC1. The summed E-state index contributed by atoms with van der Waals surface area (Å²) in [6, 6.07) is 0. The van der Waals surface area contributed by atoms with E-state index in [0.717, 1.165) is 31.8 Å². The molecule has 1 heterocycles. The standard InChI is InChI=1S/C12H23NO/c1-11(2)7-6-8-12(14)13-9-4-3-5-10-13/h11H,3-10H2,1-2H3. The Labute approximate surface area is 87.7 Å². The predicted octanol–water partition coefficient (Wildman–Crippen LogP) is 2.83. The van der Waals surface area contributed by atoms with Gasteiger partial charge in [-0.1, -0.05) is 20.3 Å². The minimum atomic E-state index is 0.380. The molecule has 1 aliphatic rings. The summed E-state index contributed by atoms with van der Waals surface area (Å²) in [5.74, 6) is 1.11. The van der Waals surface area contributed by atoms with Gasteiger partial charge in [0.1, 0.15) is 0 Å². The molecule has 2 heteroatoms.